The molecule has 0 radical (unpaired) electrons. The molecule has 186 valence electrons. The molecule has 0 saturated carbocycles. The monoisotopic (exact) mass is 525 g/mol. The number of carbonyl (C=O) groups excluding carboxylic acids is 1. The summed E-state index contributed by atoms with van der Waals surface area (Å²) in [6.45, 7) is 3.49. The van der Waals surface area contributed by atoms with Crippen LogP contribution in [0.25, 0.3) is 0 Å². The number of hydrogen-bond donors (Lipinski definition) is 2. The summed E-state index contributed by atoms with van der Waals surface area (Å²) >= 11 is 0. The van der Waals surface area contributed by atoms with Gasteiger partial charge in [-0.1, -0.05) is 18.2 Å². The van der Waals surface area contributed by atoms with Crippen LogP contribution >= 0.6 is 0 Å². The van der Waals surface area contributed by atoms with Crippen molar-refractivity contribution in [1.82, 2.24) is 4.98 Å². The second-order valence-corrected chi connectivity index (χ2v) is 11.0. The molecule has 0 spiro atoms. The molecule has 0 aliphatic rings. The van der Waals surface area contributed by atoms with Crippen molar-refractivity contribution in [2.75, 3.05) is 17.1 Å². The van der Waals surface area contributed by atoms with E-state index in [2.05, 4.69) is 15.0 Å². The maximum atomic E-state index is 13.1. The molecule has 3 rings (SSSR count). The molecule has 0 aliphatic carbocycles. The summed E-state index contributed by atoms with van der Waals surface area (Å²) in [6, 6.07) is 10.3. The minimum absolute atomic E-state index is 0.00181. The number of halogens is 2. The van der Waals surface area contributed by atoms with Crippen LogP contribution in [0.1, 0.15) is 21.5 Å². The van der Waals surface area contributed by atoms with Crippen LogP contribution in [0, 0.1) is 13.8 Å². The third-order valence-electron chi connectivity index (χ3n) is 4.96. The van der Waals surface area contributed by atoms with Gasteiger partial charge in [0.25, 0.3) is 15.9 Å². The average Bonchev–Trinajstić information content (AvgIpc) is 2.81. The van der Waals surface area contributed by atoms with E-state index in [0.717, 1.165) is 30.3 Å². The van der Waals surface area contributed by atoms with E-state index < -0.39 is 36.4 Å². The maximum absolute atomic E-state index is 13.1. The Morgan fingerprint density at radius 1 is 1.00 bits per heavy atom. The molecule has 13 heteroatoms. The van der Waals surface area contributed by atoms with Crippen molar-refractivity contribution in [3.05, 3.63) is 71.4 Å². The third-order valence-corrected chi connectivity index (χ3v) is 7.70. The fourth-order valence-electron chi connectivity index (χ4n) is 3.11. The Morgan fingerprint density at radius 2 is 1.60 bits per heavy atom. The number of nitrogens with one attached hydrogen (secondary N) is 2. The predicted octanol–water partition coefficient (Wildman–Crippen LogP) is 3.76. The zero-order valence-electron chi connectivity index (χ0n) is 18.7. The second-order valence-electron chi connectivity index (χ2n) is 7.39. The first-order chi connectivity index (χ1) is 16.4. The molecule has 0 bridgehead atoms. The van der Waals surface area contributed by atoms with Crippen LogP contribution in [0.4, 0.5) is 20.2 Å². The van der Waals surface area contributed by atoms with Gasteiger partial charge >= 0.3 is 5.76 Å². The van der Waals surface area contributed by atoms with Crippen LogP contribution in [-0.4, -0.2) is 40.6 Å². The second kappa shape index (κ2) is 9.96. The molecule has 1 aromatic heterocycles. The Hall–Kier alpha value is -3.58. The topological polar surface area (TPSA) is 132 Å². The molecule has 3 aromatic rings. The van der Waals surface area contributed by atoms with Gasteiger partial charge in [-0.3, -0.25) is 9.52 Å². The molecular formula is C22H21F2N3O6S2. The van der Waals surface area contributed by atoms with Crippen molar-refractivity contribution in [3.63, 3.8) is 0 Å². The van der Waals surface area contributed by atoms with Gasteiger partial charge < -0.3 is 10.1 Å². The smallest absolute Gasteiger partial charge is 0.341 e. The minimum Gasteiger partial charge on any atom is -0.480 e. The number of hydrogen-bond acceptors (Lipinski definition) is 7. The van der Waals surface area contributed by atoms with Crippen molar-refractivity contribution >= 4 is 37.1 Å². The summed E-state index contributed by atoms with van der Waals surface area (Å²) in [5, 5.41) is 2.44. The Morgan fingerprint density at radius 3 is 2.14 bits per heavy atom. The fraction of sp³-hybridized carbons (Fsp3) is 0.182. The summed E-state index contributed by atoms with van der Waals surface area (Å²) in [7, 11) is -7.74. The molecule has 1 amide bonds. The highest BCUT2D eigenvalue weighted by Gasteiger charge is 2.27. The first kappa shape index (κ1) is 26.0. The van der Waals surface area contributed by atoms with Gasteiger partial charge in [0.2, 0.25) is 15.7 Å². The quantitative estimate of drug-likeness (QED) is 0.458. The normalized spacial score (nSPS) is 11.8. The summed E-state index contributed by atoms with van der Waals surface area (Å²) < 4.78 is 82.3. The van der Waals surface area contributed by atoms with E-state index in [-0.39, 0.29) is 22.0 Å². The van der Waals surface area contributed by atoms with Gasteiger partial charge in [-0.15, -0.1) is 0 Å². The van der Waals surface area contributed by atoms with Crippen molar-refractivity contribution in [2.24, 2.45) is 0 Å². The molecule has 2 N–H and O–H groups in total. The number of anilines is 2. The number of rotatable bonds is 8. The van der Waals surface area contributed by atoms with Crippen LogP contribution in [-0.2, 0) is 19.9 Å². The van der Waals surface area contributed by atoms with Gasteiger partial charge in [-0.25, -0.2) is 21.8 Å². The number of ether oxygens (including phenoxy) is 1. The standard InChI is InChI=1S/C22H21F2N3O6S2/c1-13-5-4-6-14(2)19(13)27-35(31,32)18-11-16(12-25-21(18)33-3)26-20(28)15-7-9-17(10-8-15)34(29,30)22(23)24/h4-12,22,27H,1-3H3,(H,26,28). The molecular weight excluding hydrogens is 504 g/mol. The number of sulfone groups is 1. The summed E-state index contributed by atoms with van der Waals surface area (Å²) in [4.78, 5) is 15.5. The number of aromatic nitrogens is 1. The lowest BCUT2D eigenvalue weighted by molar-refractivity contribution is 0.102. The number of methoxy groups -OCH3 is 1. The molecule has 0 saturated heterocycles. The summed E-state index contributed by atoms with van der Waals surface area (Å²) in [6.07, 6.45) is 1.17. The first-order valence-electron chi connectivity index (χ1n) is 9.93. The number of sulfonamides is 1. The van der Waals surface area contributed by atoms with Gasteiger partial charge in [0, 0.05) is 5.56 Å². The number of alkyl halides is 2. The van der Waals surface area contributed by atoms with E-state index in [1.807, 2.05) is 0 Å². The number of nitrogens with zero attached hydrogens (tertiary/aromatic N) is 1. The van der Waals surface area contributed by atoms with Gasteiger partial charge in [0.05, 0.1) is 29.6 Å². The first-order valence-corrected chi connectivity index (χ1v) is 13.0. The molecule has 9 nitrogen and oxygen atoms in total. The number of para-hydroxylation sites is 1. The number of aryl methyl sites for hydroxylation is 2. The molecule has 1 heterocycles. The molecule has 0 aliphatic heterocycles. The van der Waals surface area contributed by atoms with Crippen molar-refractivity contribution < 1.29 is 35.1 Å². The average molecular weight is 526 g/mol. The van der Waals surface area contributed by atoms with Gasteiger partial charge in [0.1, 0.15) is 0 Å². The van der Waals surface area contributed by atoms with Crippen LogP contribution < -0.4 is 14.8 Å². The molecule has 2 aromatic carbocycles. The molecule has 0 unspecified atom stereocenters. The Bertz CT molecular complexity index is 1460. The lowest BCUT2D eigenvalue weighted by Crippen LogP contribution is -2.18. The van der Waals surface area contributed by atoms with E-state index in [1.54, 1.807) is 32.0 Å². The molecule has 0 fully saturated rings. The van der Waals surface area contributed by atoms with Crippen LogP contribution in [0.2, 0.25) is 0 Å². The summed E-state index contributed by atoms with van der Waals surface area (Å²) in [5.41, 5.74) is 1.74. The number of benzene rings is 2. The highest BCUT2D eigenvalue weighted by Crippen LogP contribution is 2.29. The number of pyridine rings is 1. The highest BCUT2D eigenvalue weighted by atomic mass is 32.2. The lowest BCUT2D eigenvalue weighted by Gasteiger charge is -2.15. The van der Waals surface area contributed by atoms with E-state index in [1.165, 1.54) is 13.3 Å². The number of carbonyl (C=O) groups is 1. The van der Waals surface area contributed by atoms with Gasteiger partial charge in [-0.2, -0.15) is 8.78 Å². The Labute approximate surface area is 201 Å². The predicted molar refractivity (Wildman–Crippen MR) is 125 cm³/mol. The highest BCUT2D eigenvalue weighted by molar-refractivity contribution is 7.93. The molecule has 0 atom stereocenters. The van der Waals surface area contributed by atoms with Crippen LogP contribution in [0.5, 0.6) is 5.88 Å². The number of amides is 1. The maximum Gasteiger partial charge on any atom is 0.341 e. The zero-order valence-corrected chi connectivity index (χ0v) is 20.4. The van der Waals surface area contributed by atoms with E-state index >= 15 is 0 Å². The Kier molecular flexibility index (Phi) is 7.41. The van der Waals surface area contributed by atoms with E-state index in [0.29, 0.717) is 16.8 Å². The summed E-state index contributed by atoms with van der Waals surface area (Å²) in [5.74, 6) is -4.54. The van der Waals surface area contributed by atoms with Crippen LogP contribution in [0.15, 0.2) is 64.5 Å². The largest absolute Gasteiger partial charge is 0.480 e. The van der Waals surface area contributed by atoms with Crippen molar-refractivity contribution in [2.45, 2.75) is 29.4 Å². The third kappa shape index (κ3) is 5.57. The SMILES string of the molecule is COc1ncc(NC(=O)c2ccc(S(=O)(=O)C(F)F)cc2)cc1S(=O)(=O)Nc1c(C)cccc1C. The minimum atomic E-state index is -4.80. The Balaban J connectivity index is 1.89. The van der Waals surface area contributed by atoms with Gasteiger partial charge in [-0.05, 0) is 55.3 Å². The zero-order chi connectivity index (χ0) is 26.0. The fourth-order valence-corrected chi connectivity index (χ4v) is 5.18. The van der Waals surface area contributed by atoms with Crippen molar-refractivity contribution in [1.29, 1.82) is 0 Å². The van der Waals surface area contributed by atoms with Gasteiger partial charge in [0.15, 0.2) is 4.90 Å². The van der Waals surface area contributed by atoms with Crippen LogP contribution in [0.3, 0.4) is 0 Å². The van der Waals surface area contributed by atoms with Crippen molar-refractivity contribution in [3.8, 4) is 5.88 Å². The lowest BCUT2D eigenvalue weighted by atomic mass is 10.1. The molecule has 35 heavy (non-hydrogen) atoms. The van der Waals surface area contributed by atoms with E-state index in [9.17, 15) is 30.4 Å². The van der Waals surface area contributed by atoms with E-state index in [4.69, 9.17) is 4.74 Å².